The largest absolute Gasteiger partial charge is 0.334 e. The lowest BCUT2D eigenvalue weighted by atomic mass is 9.96. The summed E-state index contributed by atoms with van der Waals surface area (Å²) in [7, 11) is 0. The molecule has 0 aliphatic carbocycles. The van der Waals surface area contributed by atoms with E-state index in [2.05, 4.69) is 44.5 Å². The number of likely N-dealkylation sites (tertiary alicyclic amines) is 1. The van der Waals surface area contributed by atoms with Crippen LogP contribution in [0.1, 0.15) is 41.5 Å². The Morgan fingerprint density at radius 2 is 2.07 bits per heavy atom. The Hall–Kier alpha value is -2.96. The minimum atomic E-state index is -0.0140. The number of nitrogens with one attached hydrogen (secondary N) is 2. The van der Waals surface area contributed by atoms with Gasteiger partial charge >= 0.3 is 6.03 Å². The number of pyridine rings is 1. The molecular weight excluding hydrogens is 340 g/mol. The number of amides is 2. The molecule has 140 valence electrons. The summed E-state index contributed by atoms with van der Waals surface area (Å²) in [5.41, 5.74) is 3.24. The Balaban J connectivity index is 1.37. The summed E-state index contributed by atoms with van der Waals surface area (Å²) >= 11 is 0. The third-order valence-corrected chi connectivity index (χ3v) is 5.31. The molecule has 1 saturated heterocycles. The van der Waals surface area contributed by atoms with Gasteiger partial charge in [0, 0.05) is 37.1 Å². The number of hydrogen-bond acceptors (Lipinski definition) is 4. The van der Waals surface area contributed by atoms with Crippen LogP contribution < -0.4 is 5.32 Å². The first-order valence-electron chi connectivity index (χ1n) is 9.36. The van der Waals surface area contributed by atoms with E-state index in [0.29, 0.717) is 12.5 Å². The normalized spacial score (nSPS) is 15.3. The van der Waals surface area contributed by atoms with Gasteiger partial charge in [-0.25, -0.2) is 9.78 Å². The van der Waals surface area contributed by atoms with Crippen LogP contribution in [0.4, 0.5) is 4.79 Å². The van der Waals surface area contributed by atoms with Crippen molar-refractivity contribution in [1.29, 1.82) is 0 Å². The number of carbonyl (C=O) groups excluding carboxylic acids is 1. The molecule has 2 amide bonds. The van der Waals surface area contributed by atoms with Crippen LogP contribution >= 0.6 is 0 Å². The highest BCUT2D eigenvalue weighted by molar-refractivity contribution is 5.84. The maximum absolute atomic E-state index is 12.6. The SMILES string of the molecule is Cc1nc(C2CCN(C(=O)NCc3c(C)ccc4ncccc34)CC2)n[nH]1. The minimum absolute atomic E-state index is 0.0140. The van der Waals surface area contributed by atoms with E-state index in [1.165, 1.54) is 0 Å². The Morgan fingerprint density at radius 3 is 2.81 bits per heavy atom. The van der Waals surface area contributed by atoms with Gasteiger partial charge in [0.15, 0.2) is 5.82 Å². The fourth-order valence-electron chi connectivity index (χ4n) is 3.72. The summed E-state index contributed by atoms with van der Waals surface area (Å²) in [4.78, 5) is 23.3. The Morgan fingerprint density at radius 1 is 1.26 bits per heavy atom. The third-order valence-electron chi connectivity index (χ3n) is 5.31. The first kappa shape index (κ1) is 17.5. The number of carbonyl (C=O) groups is 1. The summed E-state index contributed by atoms with van der Waals surface area (Å²) in [5.74, 6) is 2.03. The molecule has 0 spiro atoms. The van der Waals surface area contributed by atoms with Crippen molar-refractivity contribution in [2.45, 2.75) is 39.2 Å². The summed E-state index contributed by atoms with van der Waals surface area (Å²) in [5, 5.41) is 11.3. The molecular formula is C20H24N6O. The zero-order valence-corrected chi connectivity index (χ0v) is 15.7. The number of aromatic nitrogens is 4. The van der Waals surface area contributed by atoms with Gasteiger partial charge in [-0.3, -0.25) is 10.1 Å². The quantitative estimate of drug-likeness (QED) is 0.748. The highest BCUT2D eigenvalue weighted by Gasteiger charge is 2.26. The number of nitrogens with zero attached hydrogens (tertiary/aromatic N) is 4. The van der Waals surface area contributed by atoms with E-state index in [4.69, 9.17) is 0 Å². The van der Waals surface area contributed by atoms with E-state index in [1.54, 1.807) is 6.20 Å². The van der Waals surface area contributed by atoms with Crippen LogP contribution in [0, 0.1) is 13.8 Å². The van der Waals surface area contributed by atoms with Crippen molar-refractivity contribution in [3.63, 3.8) is 0 Å². The maximum Gasteiger partial charge on any atom is 0.317 e. The third kappa shape index (κ3) is 3.63. The minimum Gasteiger partial charge on any atom is -0.334 e. The fourth-order valence-corrected chi connectivity index (χ4v) is 3.72. The second-order valence-corrected chi connectivity index (χ2v) is 7.13. The van der Waals surface area contributed by atoms with Crippen LogP contribution in [0.25, 0.3) is 10.9 Å². The number of hydrogen-bond donors (Lipinski definition) is 2. The molecule has 7 nitrogen and oxygen atoms in total. The molecule has 2 N–H and O–H groups in total. The number of H-pyrrole nitrogens is 1. The fraction of sp³-hybridized carbons (Fsp3) is 0.400. The van der Waals surface area contributed by atoms with Crippen molar-refractivity contribution in [2.24, 2.45) is 0 Å². The van der Waals surface area contributed by atoms with Crippen LogP contribution in [0.15, 0.2) is 30.5 Å². The molecule has 0 atom stereocenters. The van der Waals surface area contributed by atoms with E-state index < -0.39 is 0 Å². The molecule has 1 aliphatic rings. The molecule has 27 heavy (non-hydrogen) atoms. The number of aromatic amines is 1. The lowest BCUT2D eigenvalue weighted by molar-refractivity contribution is 0.180. The van der Waals surface area contributed by atoms with Crippen molar-refractivity contribution in [1.82, 2.24) is 30.4 Å². The molecule has 1 aliphatic heterocycles. The van der Waals surface area contributed by atoms with E-state index in [-0.39, 0.29) is 6.03 Å². The second-order valence-electron chi connectivity index (χ2n) is 7.13. The van der Waals surface area contributed by atoms with Crippen molar-refractivity contribution >= 4 is 16.9 Å². The first-order chi connectivity index (χ1) is 13.1. The van der Waals surface area contributed by atoms with Gasteiger partial charge in [-0.05, 0) is 49.9 Å². The average Bonchev–Trinajstić information content (AvgIpc) is 3.13. The zero-order chi connectivity index (χ0) is 18.8. The molecule has 7 heteroatoms. The van der Waals surface area contributed by atoms with E-state index in [0.717, 1.165) is 59.6 Å². The molecule has 3 aromatic rings. The van der Waals surface area contributed by atoms with Crippen LogP contribution in [0.5, 0.6) is 0 Å². The zero-order valence-electron chi connectivity index (χ0n) is 15.7. The Kier molecular flexibility index (Phi) is 4.75. The van der Waals surface area contributed by atoms with Crippen molar-refractivity contribution in [3.05, 3.63) is 53.2 Å². The van der Waals surface area contributed by atoms with Crippen LogP contribution in [-0.2, 0) is 6.54 Å². The molecule has 1 fully saturated rings. The van der Waals surface area contributed by atoms with Crippen molar-refractivity contribution in [2.75, 3.05) is 13.1 Å². The standard InChI is InChI=1S/C20H24N6O/c1-13-5-6-18-16(4-3-9-21-18)17(13)12-22-20(27)26-10-7-15(8-11-26)19-23-14(2)24-25-19/h3-6,9,15H,7-8,10-12H2,1-2H3,(H,22,27)(H,23,24,25). The predicted molar refractivity (Wildman–Crippen MR) is 103 cm³/mol. The van der Waals surface area contributed by atoms with Gasteiger partial charge in [-0.2, -0.15) is 5.10 Å². The molecule has 0 radical (unpaired) electrons. The summed E-state index contributed by atoms with van der Waals surface area (Å²) in [6.07, 6.45) is 3.57. The van der Waals surface area contributed by atoms with Crippen LogP contribution in [-0.4, -0.2) is 44.2 Å². The first-order valence-corrected chi connectivity index (χ1v) is 9.36. The highest BCUT2D eigenvalue weighted by atomic mass is 16.2. The lowest BCUT2D eigenvalue weighted by Crippen LogP contribution is -2.44. The average molecular weight is 364 g/mol. The smallest absolute Gasteiger partial charge is 0.317 e. The number of benzene rings is 1. The summed E-state index contributed by atoms with van der Waals surface area (Å²) in [6, 6.07) is 8.05. The number of piperidine rings is 1. The van der Waals surface area contributed by atoms with E-state index in [1.807, 2.05) is 24.0 Å². The molecule has 0 saturated carbocycles. The Labute approximate surface area is 158 Å². The molecule has 4 rings (SSSR count). The number of fused-ring (bicyclic) bond motifs is 1. The van der Waals surface area contributed by atoms with E-state index >= 15 is 0 Å². The van der Waals surface area contributed by atoms with Crippen LogP contribution in [0.3, 0.4) is 0 Å². The van der Waals surface area contributed by atoms with E-state index in [9.17, 15) is 4.79 Å². The maximum atomic E-state index is 12.6. The monoisotopic (exact) mass is 364 g/mol. The molecule has 0 bridgehead atoms. The van der Waals surface area contributed by atoms with Crippen molar-refractivity contribution < 1.29 is 4.79 Å². The number of rotatable bonds is 3. The van der Waals surface area contributed by atoms with Gasteiger partial charge in [-0.1, -0.05) is 12.1 Å². The molecule has 0 unspecified atom stereocenters. The highest BCUT2D eigenvalue weighted by Crippen LogP contribution is 2.25. The summed E-state index contributed by atoms with van der Waals surface area (Å²) < 4.78 is 0. The molecule has 3 heterocycles. The second kappa shape index (κ2) is 7.34. The molecule has 1 aromatic carbocycles. The van der Waals surface area contributed by atoms with Gasteiger partial charge < -0.3 is 10.2 Å². The van der Waals surface area contributed by atoms with Gasteiger partial charge in [-0.15, -0.1) is 0 Å². The molecule has 2 aromatic heterocycles. The number of urea groups is 1. The van der Waals surface area contributed by atoms with Gasteiger partial charge in [0.2, 0.25) is 0 Å². The van der Waals surface area contributed by atoms with Gasteiger partial charge in [0.25, 0.3) is 0 Å². The Bertz CT molecular complexity index is 958. The summed E-state index contributed by atoms with van der Waals surface area (Å²) in [6.45, 7) is 5.93. The van der Waals surface area contributed by atoms with Crippen molar-refractivity contribution in [3.8, 4) is 0 Å². The topological polar surface area (TPSA) is 86.8 Å². The predicted octanol–water partition coefficient (Wildman–Crippen LogP) is 3.06. The van der Waals surface area contributed by atoms with Crippen LogP contribution in [0.2, 0.25) is 0 Å². The number of aryl methyl sites for hydroxylation is 2. The van der Waals surface area contributed by atoms with Gasteiger partial charge in [0.05, 0.1) is 5.52 Å². The lowest BCUT2D eigenvalue weighted by Gasteiger charge is -2.31. The van der Waals surface area contributed by atoms with Gasteiger partial charge in [0.1, 0.15) is 5.82 Å².